The second kappa shape index (κ2) is 43.0. The summed E-state index contributed by atoms with van der Waals surface area (Å²) in [7, 11) is 0. The van der Waals surface area contributed by atoms with Crippen LogP contribution in [0.1, 0.15) is 272 Å². The summed E-state index contributed by atoms with van der Waals surface area (Å²) in [6.07, 6.45) is 42.4. The molecule has 0 aromatic heterocycles. The van der Waals surface area contributed by atoms with Gasteiger partial charge in [0, 0.05) is 19.3 Å². The van der Waals surface area contributed by atoms with Gasteiger partial charge in [-0.3, -0.25) is 14.4 Å². The van der Waals surface area contributed by atoms with Crippen molar-refractivity contribution in [1.29, 1.82) is 0 Å². The van der Waals surface area contributed by atoms with E-state index in [0.717, 1.165) is 69.6 Å². The highest BCUT2D eigenvalue weighted by molar-refractivity contribution is 5.71. The minimum atomic E-state index is -0.761. The van der Waals surface area contributed by atoms with Crippen LogP contribution in [0.3, 0.4) is 0 Å². The molecule has 6 heteroatoms. The largest absolute Gasteiger partial charge is 0.462 e. The summed E-state index contributed by atoms with van der Waals surface area (Å²) in [6, 6.07) is 0. The second-order valence-electron chi connectivity index (χ2n) is 18.1. The standard InChI is InChI=1S/C50H96O6/c1-6-7-8-9-10-11-12-13-14-18-21-24-30-35-40-48(51)54-43-47(44-55-49(52)41-36-31-27-26-29-34-39-46(4)5)56-50(53)42-37-32-25-22-19-16-15-17-20-23-28-33-38-45(2)3/h45-47H,6-44H2,1-5H3/t47-/m1/s1. The van der Waals surface area contributed by atoms with Crippen molar-refractivity contribution >= 4 is 17.9 Å². The maximum Gasteiger partial charge on any atom is 0.306 e. The Hall–Kier alpha value is -1.59. The molecular weight excluding hydrogens is 697 g/mol. The zero-order chi connectivity index (χ0) is 41.2. The Morgan fingerprint density at radius 3 is 0.875 bits per heavy atom. The highest BCUT2D eigenvalue weighted by Crippen LogP contribution is 2.17. The Labute approximate surface area is 348 Å². The van der Waals surface area contributed by atoms with Crippen molar-refractivity contribution in [3.63, 3.8) is 0 Å². The topological polar surface area (TPSA) is 78.9 Å². The molecule has 0 N–H and O–H groups in total. The molecule has 0 radical (unpaired) electrons. The van der Waals surface area contributed by atoms with E-state index in [4.69, 9.17) is 14.2 Å². The zero-order valence-corrected chi connectivity index (χ0v) is 38.3. The summed E-state index contributed by atoms with van der Waals surface area (Å²) < 4.78 is 16.8. The fourth-order valence-electron chi connectivity index (χ4n) is 7.46. The molecule has 1 atom stereocenters. The Morgan fingerprint density at radius 2 is 0.589 bits per heavy atom. The summed E-state index contributed by atoms with van der Waals surface area (Å²) in [5, 5.41) is 0. The lowest BCUT2D eigenvalue weighted by molar-refractivity contribution is -0.167. The number of unbranched alkanes of at least 4 members (excludes halogenated alkanes) is 29. The van der Waals surface area contributed by atoms with Gasteiger partial charge in [-0.2, -0.15) is 0 Å². The lowest BCUT2D eigenvalue weighted by atomic mass is 10.0. The van der Waals surface area contributed by atoms with Gasteiger partial charge in [0.2, 0.25) is 0 Å². The molecule has 0 unspecified atom stereocenters. The van der Waals surface area contributed by atoms with E-state index in [0.29, 0.717) is 19.3 Å². The third-order valence-corrected chi connectivity index (χ3v) is 11.2. The fourth-order valence-corrected chi connectivity index (χ4v) is 7.46. The molecule has 6 nitrogen and oxygen atoms in total. The number of ether oxygens (including phenoxy) is 3. The van der Waals surface area contributed by atoms with Crippen LogP contribution in [-0.4, -0.2) is 37.2 Å². The SMILES string of the molecule is CCCCCCCCCCCCCCCCC(=O)OC[C@H](COC(=O)CCCCCCCCC(C)C)OC(=O)CCCCCCCCCCCCCCC(C)C. The van der Waals surface area contributed by atoms with Crippen LogP contribution in [0.5, 0.6) is 0 Å². The fraction of sp³-hybridized carbons (Fsp3) is 0.940. The molecule has 332 valence electrons. The molecule has 0 saturated heterocycles. The minimum Gasteiger partial charge on any atom is -0.462 e. The molecule has 0 aliphatic heterocycles. The molecule has 56 heavy (non-hydrogen) atoms. The third-order valence-electron chi connectivity index (χ3n) is 11.2. The summed E-state index contributed by atoms with van der Waals surface area (Å²) in [6.45, 7) is 11.3. The van der Waals surface area contributed by atoms with Crippen LogP contribution in [0, 0.1) is 11.8 Å². The van der Waals surface area contributed by atoms with Gasteiger partial charge in [0.15, 0.2) is 6.10 Å². The maximum atomic E-state index is 12.7. The molecule has 0 fully saturated rings. The minimum absolute atomic E-state index is 0.0647. The molecule has 0 heterocycles. The smallest absolute Gasteiger partial charge is 0.306 e. The molecule has 0 saturated carbocycles. The first-order valence-electron chi connectivity index (χ1n) is 24.7. The van der Waals surface area contributed by atoms with E-state index in [9.17, 15) is 14.4 Å². The van der Waals surface area contributed by atoms with E-state index in [2.05, 4.69) is 34.6 Å². The lowest BCUT2D eigenvalue weighted by Crippen LogP contribution is -2.30. The molecule has 0 amide bonds. The first kappa shape index (κ1) is 54.4. The van der Waals surface area contributed by atoms with Crippen LogP contribution in [-0.2, 0) is 28.6 Å². The molecular formula is C50H96O6. The lowest BCUT2D eigenvalue weighted by Gasteiger charge is -2.18. The summed E-state index contributed by atoms with van der Waals surface area (Å²) in [5.74, 6) is 0.740. The third kappa shape index (κ3) is 43.5. The summed E-state index contributed by atoms with van der Waals surface area (Å²) in [4.78, 5) is 37.8. The average Bonchev–Trinajstić information content (AvgIpc) is 3.16. The van der Waals surface area contributed by atoms with Gasteiger partial charge >= 0.3 is 17.9 Å². The number of carbonyl (C=O) groups excluding carboxylic acids is 3. The van der Waals surface area contributed by atoms with Gasteiger partial charge < -0.3 is 14.2 Å². The average molecular weight is 793 g/mol. The monoisotopic (exact) mass is 793 g/mol. The van der Waals surface area contributed by atoms with Gasteiger partial charge in [0.1, 0.15) is 13.2 Å². The molecule has 0 aliphatic carbocycles. The van der Waals surface area contributed by atoms with Gasteiger partial charge in [-0.05, 0) is 31.1 Å². The van der Waals surface area contributed by atoms with Crippen LogP contribution < -0.4 is 0 Å². The van der Waals surface area contributed by atoms with Crippen LogP contribution >= 0.6 is 0 Å². The van der Waals surface area contributed by atoms with Gasteiger partial charge in [0.05, 0.1) is 0 Å². The van der Waals surface area contributed by atoms with Crippen LogP contribution in [0.4, 0.5) is 0 Å². The van der Waals surface area contributed by atoms with Gasteiger partial charge in [-0.15, -0.1) is 0 Å². The first-order valence-corrected chi connectivity index (χ1v) is 24.7. The normalized spacial score (nSPS) is 12.1. The zero-order valence-electron chi connectivity index (χ0n) is 38.3. The van der Waals surface area contributed by atoms with Gasteiger partial charge in [-0.25, -0.2) is 0 Å². The van der Waals surface area contributed by atoms with Crippen molar-refractivity contribution in [3.05, 3.63) is 0 Å². The number of hydrogen-bond donors (Lipinski definition) is 0. The first-order chi connectivity index (χ1) is 27.2. The van der Waals surface area contributed by atoms with E-state index in [-0.39, 0.29) is 31.1 Å². The highest BCUT2D eigenvalue weighted by atomic mass is 16.6. The Morgan fingerprint density at radius 1 is 0.339 bits per heavy atom. The van der Waals surface area contributed by atoms with Crippen molar-refractivity contribution in [1.82, 2.24) is 0 Å². The van der Waals surface area contributed by atoms with Crippen molar-refractivity contribution < 1.29 is 28.6 Å². The van der Waals surface area contributed by atoms with E-state index in [1.165, 1.54) is 161 Å². The molecule has 0 spiro atoms. The highest BCUT2D eigenvalue weighted by Gasteiger charge is 2.19. The number of rotatable bonds is 44. The van der Waals surface area contributed by atoms with Crippen molar-refractivity contribution in [2.75, 3.05) is 13.2 Å². The van der Waals surface area contributed by atoms with E-state index < -0.39 is 6.10 Å². The Balaban J connectivity index is 4.29. The number of esters is 3. The van der Waals surface area contributed by atoms with Crippen LogP contribution in [0.25, 0.3) is 0 Å². The van der Waals surface area contributed by atoms with E-state index >= 15 is 0 Å². The number of hydrogen-bond acceptors (Lipinski definition) is 6. The van der Waals surface area contributed by atoms with Gasteiger partial charge in [0.25, 0.3) is 0 Å². The van der Waals surface area contributed by atoms with Crippen molar-refractivity contribution in [3.8, 4) is 0 Å². The quantitative estimate of drug-likeness (QED) is 0.0347. The van der Waals surface area contributed by atoms with Crippen molar-refractivity contribution in [2.24, 2.45) is 11.8 Å². The Kier molecular flexibility index (Phi) is 41.8. The summed E-state index contributed by atoms with van der Waals surface area (Å²) >= 11 is 0. The predicted octanol–water partition coefficient (Wildman–Crippen LogP) is 15.8. The number of carbonyl (C=O) groups is 3. The van der Waals surface area contributed by atoms with E-state index in [1.807, 2.05) is 0 Å². The molecule has 0 bridgehead atoms. The van der Waals surface area contributed by atoms with Gasteiger partial charge in [-0.1, -0.05) is 234 Å². The second-order valence-corrected chi connectivity index (χ2v) is 18.1. The predicted molar refractivity (Wildman–Crippen MR) is 238 cm³/mol. The Bertz CT molecular complexity index is 854. The summed E-state index contributed by atoms with van der Waals surface area (Å²) in [5.41, 5.74) is 0. The molecule has 0 rings (SSSR count). The molecule has 0 aliphatic rings. The van der Waals surface area contributed by atoms with E-state index in [1.54, 1.807) is 0 Å². The maximum absolute atomic E-state index is 12.7. The molecule has 0 aromatic rings. The van der Waals surface area contributed by atoms with Crippen LogP contribution in [0.2, 0.25) is 0 Å². The van der Waals surface area contributed by atoms with Crippen LogP contribution in [0.15, 0.2) is 0 Å². The van der Waals surface area contributed by atoms with Crippen molar-refractivity contribution in [2.45, 2.75) is 278 Å². The molecule has 0 aromatic carbocycles.